The van der Waals surface area contributed by atoms with Crippen molar-refractivity contribution in [2.24, 2.45) is 5.92 Å². The van der Waals surface area contributed by atoms with Gasteiger partial charge in [-0.25, -0.2) is 9.59 Å². The molecule has 7 nitrogen and oxygen atoms in total. The number of hydrogen-bond acceptors (Lipinski definition) is 4. The molecule has 1 aromatic heterocycles. The van der Waals surface area contributed by atoms with Crippen LogP contribution in [0.25, 0.3) is 6.08 Å². The lowest BCUT2D eigenvalue weighted by atomic mass is 9.86. The van der Waals surface area contributed by atoms with Crippen molar-refractivity contribution in [1.29, 1.82) is 0 Å². The summed E-state index contributed by atoms with van der Waals surface area (Å²) in [5.74, 6) is -0.855. The van der Waals surface area contributed by atoms with Crippen LogP contribution in [0.15, 0.2) is 12.1 Å². The second-order valence-electron chi connectivity index (χ2n) is 8.26. The van der Waals surface area contributed by atoms with E-state index in [1.165, 1.54) is 31.0 Å². The van der Waals surface area contributed by atoms with Gasteiger partial charge in [-0.05, 0) is 63.2 Å². The normalized spacial score (nSPS) is 21.8. The largest absolute Gasteiger partial charge is 0.452 e. The third-order valence-corrected chi connectivity index (χ3v) is 5.86. The fourth-order valence-corrected chi connectivity index (χ4v) is 4.11. The van der Waals surface area contributed by atoms with Gasteiger partial charge in [0.25, 0.3) is 5.91 Å². The zero-order valence-electron chi connectivity index (χ0n) is 17.5. The molecule has 0 spiro atoms. The highest BCUT2D eigenvalue weighted by molar-refractivity contribution is 5.96. The lowest BCUT2D eigenvalue weighted by molar-refractivity contribution is -0.143. The van der Waals surface area contributed by atoms with Crippen molar-refractivity contribution < 1.29 is 19.1 Å². The first-order valence-corrected chi connectivity index (χ1v) is 10.5. The second-order valence-corrected chi connectivity index (χ2v) is 8.26. The fourth-order valence-electron chi connectivity index (χ4n) is 4.11. The zero-order chi connectivity index (χ0) is 21.0. The molecule has 1 heterocycles. The van der Waals surface area contributed by atoms with Crippen molar-refractivity contribution in [2.45, 2.75) is 71.4 Å². The molecule has 1 aromatic rings. The lowest BCUT2D eigenvalue weighted by Crippen LogP contribution is -2.48. The number of esters is 1. The van der Waals surface area contributed by atoms with Gasteiger partial charge in [0, 0.05) is 29.5 Å². The van der Waals surface area contributed by atoms with Crippen LogP contribution >= 0.6 is 0 Å². The van der Waals surface area contributed by atoms with E-state index in [4.69, 9.17) is 4.74 Å². The standard InChI is InChI=1S/C22H31N3O4/c1-14-6-4-5-7-19(14)23-22(28)24-20(26)13-29-21(27)11-8-17-12-15(2)25(16(17)3)18-9-10-18/h8,11-12,14,18-19H,4-7,9-10,13H2,1-3H3,(H2,23,24,26,28)/b11-8+/t14-,19-/m0/s1. The van der Waals surface area contributed by atoms with E-state index in [0.29, 0.717) is 12.0 Å². The van der Waals surface area contributed by atoms with Crippen molar-refractivity contribution in [3.63, 3.8) is 0 Å². The van der Waals surface area contributed by atoms with Crippen LogP contribution in [0, 0.1) is 19.8 Å². The van der Waals surface area contributed by atoms with Gasteiger partial charge in [0.15, 0.2) is 6.61 Å². The van der Waals surface area contributed by atoms with E-state index < -0.39 is 24.5 Å². The van der Waals surface area contributed by atoms with E-state index >= 15 is 0 Å². The van der Waals surface area contributed by atoms with E-state index in [1.54, 1.807) is 6.08 Å². The molecule has 158 valence electrons. The number of carbonyl (C=O) groups excluding carboxylic acids is 3. The van der Waals surface area contributed by atoms with Crippen LogP contribution < -0.4 is 10.6 Å². The van der Waals surface area contributed by atoms with Crippen molar-refractivity contribution in [2.75, 3.05) is 6.61 Å². The maximum atomic E-state index is 12.0. The van der Waals surface area contributed by atoms with Crippen LogP contribution in [-0.4, -0.2) is 35.1 Å². The van der Waals surface area contributed by atoms with E-state index in [2.05, 4.69) is 29.0 Å². The van der Waals surface area contributed by atoms with Gasteiger partial charge >= 0.3 is 12.0 Å². The van der Waals surface area contributed by atoms with E-state index in [1.807, 2.05) is 13.0 Å². The molecule has 2 aliphatic rings. The Labute approximate surface area is 171 Å². The van der Waals surface area contributed by atoms with Gasteiger partial charge < -0.3 is 14.6 Å². The smallest absolute Gasteiger partial charge is 0.331 e. The first-order chi connectivity index (χ1) is 13.8. The van der Waals surface area contributed by atoms with Gasteiger partial charge in [0.2, 0.25) is 0 Å². The lowest BCUT2D eigenvalue weighted by Gasteiger charge is -2.29. The minimum Gasteiger partial charge on any atom is -0.452 e. The molecule has 0 radical (unpaired) electrons. The molecule has 29 heavy (non-hydrogen) atoms. The number of nitrogens with zero attached hydrogens (tertiary/aromatic N) is 1. The number of aromatic nitrogens is 1. The summed E-state index contributed by atoms with van der Waals surface area (Å²) in [6, 6.07) is 2.17. The van der Waals surface area contributed by atoms with Gasteiger partial charge in [-0.3, -0.25) is 10.1 Å². The molecule has 7 heteroatoms. The Kier molecular flexibility index (Phi) is 6.77. The van der Waals surface area contributed by atoms with Gasteiger partial charge in [-0.2, -0.15) is 0 Å². The predicted molar refractivity (Wildman–Crippen MR) is 110 cm³/mol. The highest BCUT2D eigenvalue weighted by Crippen LogP contribution is 2.38. The Balaban J connectivity index is 1.42. The molecule has 3 amide bonds. The van der Waals surface area contributed by atoms with Crippen molar-refractivity contribution in [3.8, 4) is 0 Å². The van der Waals surface area contributed by atoms with Crippen LogP contribution in [0.5, 0.6) is 0 Å². The van der Waals surface area contributed by atoms with Crippen LogP contribution in [0.1, 0.15) is 68.4 Å². The van der Waals surface area contributed by atoms with Gasteiger partial charge in [0.05, 0.1) is 0 Å². The van der Waals surface area contributed by atoms with E-state index in [0.717, 1.165) is 30.5 Å². The summed E-state index contributed by atoms with van der Waals surface area (Å²) in [4.78, 5) is 35.7. The number of urea groups is 1. The third kappa shape index (κ3) is 5.71. The average Bonchev–Trinajstić information content (AvgIpc) is 3.45. The molecule has 2 N–H and O–H groups in total. The van der Waals surface area contributed by atoms with Crippen molar-refractivity contribution >= 4 is 24.0 Å². The first kappa shape index (κ1) is 21.1. The van der Waals surface area contributed by atoms with Crippen LogP contribution in [0.4, 0.5) is 4.79 Å². The number of aryl methyl sites for hydroxylation is 1. The Morgan fingerprint density at radius 2 is 1.90 bits per heavy atom. The van der Waals surface area contributed by atoms with Crippen molar-refractivity contribution in [1.82, 2.24) is 15.2 Å². The first-order valence-electron chi connectivity index (χ1n) is 10.5. The topological polar surface area (TPSA) is 89.4 Å². The maximum absolute atomic E-state index is 12.0. The molecule has 3 rings (SSSR count). The number of rotatable bonds is 6. The Morgan fingerprint density at radius 3 is 2.59 bits per heavy atom. The molecule has 2 saturated carbocycles. The molecule has 0 bridgehead atoms. The Bertz CT molecular complexity index is 807. The minimum atomic E-state index is -0.639. The molecule has 2 atom stereocenters. The zero-order valence-corrected chi connectivity index (χ0v) is 17.5. The summed E-state index contributed by atoms with van der Waals surface area (Å²) in [6.45, 7) is 5.71. The number of imide groups is 1. The molecular formula is C22H31N3O4. The number of hydrogen-bond donors (Lipinski definition) is 2. The SMILES string of the molecule is Cc1cc(/C=C/C(=O)OCC(=O)NC(=O)N[C@H]2CCCC[C@@H]2C)c(C)n1C1CC1. The van der Waals surface area contributed by atoms with Crippen molar-refractivity contribution in [3.05, 3.63) is 29.1 Å². The highest BCUT2D eigenvalue weighted by Gasteiger charge is 2.26. The summed E-state index contributed by atoms with van der Waals surface area (Å²) >= 11 is 0. The summed E-state index contributed by atoms with van der Waals surface area (Å²) < 4.78 is 7.25. The number of nitrogens with one attached hydrogen (secondary N) is 2. The second kappa shape index (κ2) is 9.29. The van der Waals surface area contributed by atoms with Gasteiger partial charge in [-0.15, -0.1) is 0 Å². The van der Waals surface area contributed by atoms with Gasteiger partial charge in [-0.1, -0.05) is 19.8 Å². The molecule has 2 aliphatic carbocycles. The Hall–Kier alpha value is -2.57. The minimum absolute atomic E-state index is 0.0803. The summed E-state index contributed by atoms with van der Waals surface area (Å²) in [5, 5.41) is 5.06. The Morgan fingerprint density at radius 1 is 1.17 bits per heavy atom. The molecule has 2 fully saturated rings. The summed E-state index contributed by atoms with van der Waals surface area (Å²) in [5.41, 5.74) is 3.27. The third-order valence-electron chi connectivity index (χ3n) is 5.86. The number of amides is 3. The molecule has 0 aliphatic heterocycles. The molecule has 0 saturated heterocycles. The highest BCUT2D eigenvalue weighted by atomic mass is 16.5. The van der Waals surface area contributed by atoms with Crippen LogP contribution in [0.3, 0.4) is 0 Å². The van der Waals surface area contributed by atoms with Gasteiger partial charge in [0.1, 0.15) is 0 Å². The number of carbonyl (C=O) groups is 3. The monoisotopic (exact) mass is 401 g/mol. The van der Waals surface area contributed by atoms with Crippen LogP contribution in [0.2, 0.25) is 0 Å². The fraction of sp³-hybridized carbons (Fsp3) is 0.591. The van der Waals surface area contributed by atoms with Crippen LogP contribution in [-0.2, 0) is 14.3 Å². The molecule has 0 aromatic carbocycles. The van der Waals surface area contributed by atoms with E-state index in [-0.39, 0.29) is 6.04 Å². The summed E-state index contributed by atoms with van der Waals surface area (Å²) in [7, 11) is 0. The molecule has 0 unspecified atom stereocenters. The molecular weight excluding hydrogens is 370 g/mol. The predicted octanol–water partition coefficient (Wildman–Crippen LogP) is 3.40. The van der Waals surface area contributed by atoms with E-state index in [9.17, 15) is 14.4 Å². The average molecular weight is 402 g/mol. The maximum Gasteiger partial charge on any atom is 0.331 e. The summed E-state index contributed by atoms with van der Waals surface area (Å²) in [6.07, 6.45) is 9.67. The number of ether oxygens (including phenoxy) is 1. The quantitative estimate of drug-likeness (QED) is 0.565.